The van der Waals surface area contributed by atoms with Crippen LogP contribution in [0.25, 0.3) is 0 Å². The summed E-state index contributed by atoms with van der Waals surface area (Å²) in [7, 11) is 1.25. The number of rotatable bonds is 7. The van der Waals surface area contributed by atoms with Crippen molar-refractivity contribution in [3.05, 3.63) is 18.2 Å². The Morgan fingerprint density at radius 3 is 2.41 bits per heavy atom. The number of amides is 1. The normalized spacial score (nSPS) is 17.2. The minimum absolute atomic E-state index is 0.0461. The number of methoxy groups -OCH3 is 2. The largest absolute Gasteiger partial charge is 0.497 e. The van der Waals surface area contributed by atoms with E-state index in [0.29, 0.717) is 11.5 Å². The lowest BCUT2D eigenvalue weighted by molar-refractivity contribution is -0.122. The molecule has 0 radical (unpaired) electrons. The molecule has 0 aliphatic carbocycles. The van der Waals surface area contributed by atoms with Gasteiger partial charge in [-0.2, -0.15) is 0 Å². The minimum Gasteiger partial charge on any atom is -0.497 e. The Kier molecular flexibility index (Phi) is 6.94. The van der Waals surface area contributed by atoms with Crippen molar-refractivity contribution in [1.82, 2.24) is 10.2 Å². The minimum atomic E-state index is -3.74. The van der Waals surface area contributed by atoms with Crippen molar-refractivity contribution >= 4 is 21.6 Å². The van der Waals surface area contributed by atoms with Gasteiger partial charge in [0.15, 0.2) is 0 Å². The number of hydrogen-bond acceptors (Lipinski definition) is 6. The Labute approximate surface area is 161 Å². The summed E-state index contributed by atoms with van der Waals surface area (Å²) < 4.78 is 36.6. The summed E-state index contributed by atoms with van der Waals surface area (Å²) in [6.45, 7) is 3.38. The molecule has 1 aliphatic heterocycles. The lowest BCUT2D eigenvalue weighted by Crippen LogP contribution is -2.52. The molecule has 1 atom stereocenters. The van der Waals surface area contributed by atoms with E-state index in [2.05, 4.69) is 10.2 Å². The molecule has 27 heavy (non-hydrogen) atoms. The molecule has 1 amide bonds. The third-order valence-corrected chi connectivity index (χ3v) is 6.00. The zero-order valence-corrected chi connectivity index (χ0v) is 17.4. The Hall–Kier alpha value is -2.00. The van der Waals surface area contributed by atoms with Crippen molar-refractivity contribution < 1.29 is 22.7 Å². The van der Waals surface area contributed by atoms with E-state index in [1.807, 2.05) is 7.05 Å². The van der Waals surface area contributed by atoms with Crippen LogP contribution in [0.4, 0.5) is 5.69 Å². The fourth-order valence-electron chi connectivity index (χ4n) is 3.22. The van der Waals surface area contributed by atoms with Gasteiger partial charge >= 0.3 is 0 Å². The molecule has 8 nitrogen and oxygen atoms in total. The maximum atomic E-state index is 12.8. The van der Waals surface area contributed by atoms with Crippen molar-refractivity contribution in [3.63, 3.8) is 0 Å². The summed E-state index contributed by atoms with van der Waals surface area (Å²) in [6.07, 6.45) is 2.76. The Balaban J connectivity index is 2.30. The third kappa shape index (κ3) is 5.26. The zero-order valence-electron chi connectivity index (χ0n) is 16.6. The summed E-state index contributed by atoms with van der Waals surface area (Å²) in [5, 5.41) is 2.98. The number of sulfonamides is 1. The topological polar surface area (TPSA) is 88.2 Å². The number of ether oxygens (including phenoxy) is 2. The number of benzene rings is 1. The molecule has 0 aromatic heterocycles. The lowest BCUT2D eigenvalue weighted by atomic mass is 10.1. The first kappa shape index (κ1) is 21.3. The average Bonchev–Trinajstić information content (AvgIpc) is 2.62. The molecule has 1 aromatic carbocycles. The van der Waals surface area contributed by atoms with Gasteiger partial charge < -0.3 is 19.7 Å². The molecule has 0 bridgehead atoms. The maximum absolute atomic E-state index is 12.8. The van der Waals surface area contributed by atoms with E-state index in [9.17, 15) is 13.2 Å². The first-order valence-corrected chi connectivity index (χ1v) is 10.7. The maximum Gasteiger partial charge on any atom is 0.243 e. The molecule has 1 saturated heterocycles. The zero-order chi connectivity index (χ0) is 20.2. The first-order valence-electron chi connectivity index (χ1n) is 8.87. The monoisotopic (exact) mass is 399 g/mol. The molecule has 2 rings (SSSR count). The van der Waals surface area contributed by atoms with E-state index >= 15 is 0 Å². The van der Waals surface area contributed by atoms with Gasteiger partial charge in [-0.1, -0.05) is 0 Å². The molecule has 0 spiro atoms. The quantitative estimate of drug-likeness (QED) is 0.738. The fourth-order valence-corrected chi connectivity index (χ4v) is 4.39. The number of nitrogens with one attached hydrogen (secondary N) is 1. The smallest absolute Gasteiger partial charge is 0.243 e. The number of carbonyl (C=O) groups excluding carboxylic acids is 1. The van der Waals surface area contributed by atoms with Crippen LogP contribution in [0, 0.1) is 0 Å². The fraction of sp³-hybridized carbons (Fsp3) is 0.611. The van der Waals surface area contributed by atoms with Crippen LogP contribution in [-0.2, 0) is 14.8 Å². The van der Waals surface area contributed by atoms with E-state index in [4.69, 9.17) is 9.47 Å². The summed E-state index contributed by atoms with van der Waals surface area (Å²) in [5.41, 5.74) is 0.269. The van der Waals surface area contributed by atoms with Crippen molar-refractivity contribution in [2.24, 2.45) is 0 Å². The number of likely N-dealkylation sites (tertiary alicyclic amines) is 1. The number of carbonyl (C=O) groups is 1. The Morgan fingerprint density at radius 2 is 1.89 bits per heavy atom. The summed E-state index contributed by atoms with van der Waals surface area (Å²) in [6, 6.07) is 3.96. The molecule has 152 valence electrons. The van der Waals surface area contributed by atoms with Gasteiger partial charge in [-0.25, -0.2) is 8.42 Å². The second-order valence-corrected chi connectivity index (χ2v) is 8.72. The van der Waals surface area contributed by atoms with Crippen molar-refractivity contribution in [2.75, 3.05) is 44.9 Å². The van der Waals surface area contributed by atoms with Gasteiger partial charge in [0.1, 0.15) is 17.5 Å². The Morgan fingerprint density at radius 1 is 1.26 bits per heavy atom. The molecule has 0 unspecified atom stereocenters. The van der Waals surface area contributed by atoms with Gasteiger partial charge in [-0.3, -0.25) is 9.10 Å². The highest BCUT2D eigenvalue weighted by atomic mass is 32.2. The van der Waals surface area contributed by atoms with Crippen LogP contribution in [0.15, 0.2) is 18.2 Å². The van der Waals surface area contributed by atoms with Crippen molar-refractivity contribution in [1.29, 1.82) is 0 Å². The van der Waals surface area contributed by atoms with Gasteiger partial charge in [-0.15, -0.1) is 0 Å². The second kappa shape index (κ2) is 8.79. The van der Waals surface area contributed by atoms with Gasteiger partial charge in [0, 0.05) is 12.1 Å². The van der Waals surface area contributed by atoms with Crippen LogP contribution in [0.3, 0.4) is 0 Å². The molecule has 9 heteroatoms. The van der Waals surface area contributed by atoms with Gasteiger partial charge in [0.05, 0.1) is 26.2 Å². The molecule has 1 N–H and O–H groups in total. The van der Waals surface area contributed by atoms with E-state index in [0.717, 1.165) is 36.5 Å². The number of piperidine rings is 1. The van der Waals surface area contributed by atoms with Gasteiger partial charge in [0.2, 0.25) is 15.9 Å². The highest BCUT2D eigenvalue weighted by Gasteiger charge is 2.33. The number of anilines is 1. The van der Waals surface area contributed by atoms with Gasteiger partial charge in [0.25, 0.3) is 0 Å². The average molecular weight is 400 g/mol. The van der Waals surface area contributed by atoms with Crippen LogP contribution in [-0.4, -0.2) is 71.9 Å². The van der Waals surface area contributed by atoms with Crippen LogP contribution in [0.2, 0.25) is 0 Å². The number of nitrogens with zero attached hydrogens (tertiary/aromatic N) is 2. The summed E-state index contributed by atoms with van der Waals surface area (Å²) in [5.74, 6) is 0.488. The molecule has 1 fully saturated rings. The SMILES string of the molecule is COc1ccc(OC)c(N([C@H](C)C(=O)NC2CCN(C)CC2)S(C)(=O)=O)c1. The van der Waals surface area contributed by atoms with E-state index in [-0.39, 0.29) is 17.6 Å². The predicted molar refractivity (Wildman–Crippen MR) is 105 cm³/mol. The summed E-state index contributed by atoms with van der Waals surface area (Å²) in [4.78, 5) is 15.0. The highest BCUT2D eigenvalue weighted by molar-refractivity contribution is 7.92. The molecule has 1 heterocycles. The molecule has 0 saturated carbocycles. The van der Waals surface area contributed by atoms with Crippen LogP contribution in [0.1, 0.15) is 19.8 Å². The van der Waals surface area contributed by atoms with Crippen molar-refractivity contribution in [3.8, 4) is 11.5 Å². The molecular formula is C18H29N3O5S. The third-order valence-electron chi connectivity index (χ3n) is 4.78. The first-order chi connectivity index (χ1) is 12.7. The molecule has 1 aliphatic rings. The van der Waals surface area contributed by atoms with E-state index < -0.39 is 16.1 Å². The Bertz CT molecular complexity index is 760. The molecule has 1 aromatic rings. The van der Waals surface area contributed by atoms with Gasteiger partial charge in [-0.05, 0) is 52.0 Å². The standard InChI is InChI=1S/C18H29N3O5S/c1-13(18(22)19-14-8-10-20(2)11-9-14)21(27(5,23)24)16-12-15(25-3)6-7-17(16)26-4/h6-7,12-14H,8-11H2,1-5H3,(H,19,22)/t13-/m1/s1. The predicted octanol–water partition coefficient (Wildman–Crippen LogP) is 1.07. The van der Waals surface area contributed by atoms with E-state index in [1.54, 1.807) is 25.1 Å². The lowest BCUT2D eigenvalue weighted by Gasteiger charge is -2.33. The summed E-state index contributed by atoms with van der Waals surface area (Å²) >= 11 is 0. The highest BCUT2D eigenvalue weighted by Crippen LogP contribution is 2.35. The van der Waals surface area contributed by atoms with Crippen LogP contribution >= 0.6 is 0 Å². The number of hydrogen-bond donors (Lipinski definition) is 1. The second-order valence-electron chi connectivity index (χ2n) is 6.86. The van der Waals surface area contributed by atoms with Crippen molar-refractivity contribution in [2.45, 2.75) is 31.8 Å². The molecular weight excluding hydrogens is 370 g/mol. The van der Waals surface area contributed by atoms with Crippen LogP contribution < -0.4 is 19.1 Å². The van der Waals surface area contributed by atoms with E-state index in [1.165, 1.54) is 14.2 Å². The van der Waals surface area contributed by atoms with Crippen LogP contribution in [0.5, 0.6) is 11.5 Å².